The highest BCUT2D eigenvalue weighted by Crippen LogP contribution is 2.31. The highest BCUT2D eigenvalue weighted by Gasteiger charge is 2.36. The summed E-state index contributed by atoms with van der Waals surface area (Å²) in [5, 5.41) is 12.9. The Labute approximate surface area is 214 Å². The molecule has 4 rings (SSSR count). The summed E-state index contributed by atoms with van der Waals surface area (Å²) < 4.78 is 5.93. The third-order valence-electron chi connectivity index (χ3n) is 6.60. The second-order valence-corrected chi connectivity index (χ2v) is 11.4. The van der Waals surface area contributed by atoms with Crippen LogP contribution >= 0.6 is 0 Å². The molecular formula is C29H39N3O4. The smallest absolute Gasteiger partial charge is 0.256 e. The lowest BCUT2D eigenvalue weighted by Crippen LogP contribution is -2.48. The molecule has 0 aromatic heterocycles. The van der Waals surface area contributed by atoms with Crippen molar-refractivity contribution in [2.24, 2.45) is 5.92 Å². The predicted molar refractivity (Wildman–Crippen MR) is 143 cm³/mol. The highest BCUT2D eigenvalue weighted by molar-refractivity contribution is 6.10. The fourth-order valence-electron chi connectivity index (χ4n) is 4.87. The molecule has 0 unspecified atom stereocenters. The Morgan fingerprint density at radius 2 is 1.72 bits per heavy atom. The Hall–Kier alpha value is -3.06. The number of hydrogen-bond donors (Lipinski definition) is 2. The molecule has 7 heteroatoms. The van der Waals surface area contributed by atoms with Crippen LogP contribution in [0.1, 0.15) is 63.4 Å². The Balaban J connectivity index is 1.60. The van der Waals surface area contributed by atoms with E-state index in [4.69, 9.17) is 4.74 Å². The molecule has 36 heavy (non-hydrogen) atoms. The summed E-state index contributed by atoms with van der Waals surface area (Å²) in [4.78, 5) is 31.2. The maximum Gasteiger partial charge on any atom is 0.256 e. The quantitative estimate of drug-likeness (QED) is 0.620. The number of aliphatic hydroxyl groups is 1. The van der Waals surface area contributed by atoms with Crippen molar-refractivity contribution in [2.45, 2.75) is 71.6 Å². The number of amides is 2. The van der Waals surface area contributed by atoms with Gasteiger partial charge in [-0.1, -0.05) is 26.0 Å². The van der Waals surface area contributed by atoms with Crippen molar-refractivity contribution in [3.63, 3.8) is 0 Å². The number of aliphatic hydroxyl groups excluding tert-OH is 1. The normalized spacial score (nSPS) is 19.2. The zero-order valence-electron chi connectivity index (χ0n) is 22.1. The first-order valence-electron chi connectivity index (χ1n) is 13.0. The van der Waals surface area contributed by atoms with Gasteiger partial charge >= 0.3 is 0 Å². The Bertz CT molecular complexity index is 1080. The van der Waals surface area contributed by atoms with Gasteiger partial charge in [-0.2, -0.15) is 0 Å². The summed E-state index contributed by atoms with van der Waals surface area (Å²) in [7, 11) is 0. The van der Waals surface area contributed by atoms with Crippen LogP contribution in [-0.2, 0) is 11.2 Å². The molecule has 1 atom stereocenters. The van der Waals surface area contributed by atoms with Crippen LogP contribution in [0.5, 0.6) is 5.75 Å². The minimum absolute atomic E-state index is 0.131. The molecule has 0 aliphatic carbocycles. The summed E-state index contributed by atoms with van der Waals surface area (Å²) >= 11 is 0. The van der Waals surface area contributed by atoms with Crippen molar-refractivity contribution in [3.05, 3.63) is 53.6 Å². The topological polar surface area (TPSA) is 82.1 Å². The Morgan fingerprint density at radius 1 is 1.06 bits per heavy atom. The number of benzene rings is 2. The number of rotatable bonds is 6. The van der Waals surface area contributed by atoms with E-state index in [1.54, 1.807) is 4.90 Å². The molecule has 2 amide bonds. The molecule has 0 radical (unpaired) electrons. The van der Waals surface area contributed by atoms with E-state index >= 15 is 0 Å². The summed E-state index contributed by atoms with van der Waals surface area (Å²) in [5.74, 6) is 0.678. The molecular weight excluding hydrogens is 454 g/mol. The maximum absolute atomic E-state index is 13.9. The molecule has 2 heterocycles. The fourth-order valence-corrected chi connectivity index (χ4v) is 4.87. The van der Waals surface area contributed by atoms with Gasteiger partial charge in [-0.3, -0.25) is 9.59 Å². The number of nitrogens with zero attached hydrogens (tertiary/aromatic N) is 2. The lowest BCUT2D eigenvalue weighted by Gasteiger charge is -2.32. The molecule has 1 saturated heterocycles. The SMILES string of the molecule is CC(C)CN1C(=O)c2cc(N3CCC(O)CC3)ccc2NC(=O)[C@@H]1Cc1ccc(OC(C)(C)C)cc1. The summed E-state index contributed by atoms with van der Waals surface area (Å²) in [6.45, 7) is 12.1. The van der Waals surface area contributed by atoms with E-state index in [2.05, 4.69) is 24.1 Å². The number of carbonyl (C=O) groups excluding carboxylic acids is 2. The number of piperidine rings is 1. The van der Waals surface area contributed by atoms with Crippen LogP contribution in [0.4, 0.5) is 11.4 Å². The van der Waals surface area contributed by atoms with Gasteiger partial charge in [0.25, 0.3) is 5.91 Å². The summed E-state index contributed by atoms with van der Waals surface area (Å²) in [5.41, 5.74) is 2.69. The van der Waals surface area contributed by atoms with Crippen LogP contribution in [0.3, 0.4) is 0 Å². The van der Waals surface area contributed by atoms with Crippen LogP contribution in [0.15, 0.2) is 42.5 Å². The first kappa shape index (κ1) is 26.0. The second-order valence-electron chi connectivity index (χ2n) is 11.4. The van der Waals surface area contributed by atoms with E-state index in [0.29, 0.717) is 37.1 Å². The largest absolute Gasteiger partial charge is 0.488 e. The maximum atomic E-state index is 13.9. The third-order valence-corrected chi connectivity index (χ3v) is 6.60. The second kappa shape index (κ2) is 10.5. The lowest BCUT2D eigenvalue weighted by molar-refractivity contribution is -0.120. The highest BCUT2D eigenvalue weighted by atomic mass is 16.5. The Kier molecular flexibility index (Phi) is 7.59. The van der Waals surface area contributed by atoms with Crippen molar-refractivity contribution in [2.75, 3.05) is 29.9 Å². The van der Waals surface area contributed by atoms with Crippen molar-refractivity contribution in [3.8, 4) is 5.75 Å². The molecule has 1 fully saturated rings. The number of fused-ring (bicyclic) bond motifs is 1. The first-order chi connectivity index (χ1) is 17.0. The number of hydrogen-bond acceptors (Lipinski definition) is 5. The van der Waals surface area contributed by atoms with Gasteiger partial charge in [-0.25, -0.2) is 0 Å². The van der Waals surface area contributed by atoms with Crippen LogP contribution in [0, 0.1) is 5.92 Å². The average Bonchev–Trinajstić information content (AvgIpc) is 2.89. The zero-order valence-corrected chi connectivity index (χ0v) is 22.1. The summed E-state index contributed by atoms with van der Waals surface area (Å²) in [6, 6.07) is 12.8. The molecule has 0 saturated carbocycles. The fraction of sp³-hybridized carbons (Fsp3) is 0.517. The van der Waals surface area contributed by atoms with Gasteiger partial charge < -0.3 is 25.0 Å². The first-order valence-corrected chi connectivity index (χ1v) is 13.0. The van der Waals surface area contributed by atoms with Gasteiger partial charge in [0.15, 0.2) is 0 Å². The van der Waals surface area contributed by atoms with Gasteiger partial charge in [0.1, 0.15) is 17.4 Å². The van der Waals surface area contributed by atoms with Gasteiger partial charge in [-0.05, 0) is 75.4 Å². The van der Waals surface area contributed by atoms with Gasteiger partial charge in [0.05, 0.1) is 17.4 Å². The zero-order chi connectivity index (χ0) is 26.0. The summed E-state index contributed by atoms with van der Waals surface area (Å²) in [6.07, 6.45) is 1.58. The minimum atomic E-state index is -0.615. The van der Waals surface area contributed by atoms with Crippen LogP contribution in [0.2, 0.25) is 0 Å². The number of ether oxygens (including phenoxy) is 1. The van der Waals surface area contributed by atoms with Crippen molar-refractivity contribution in [1.29, 1.82) is 0 Å². The van der Waals surface area contributed by atoms with E-state index in [-0.39, 0.29) is 29.4 Å². The molecule has 2 aromatic carbocycles. The van der Waals surface area contributed by atoms with E-state index in [1.165, 1.54) is 0 Å². The molecule has 7 nitrogen and oxygen atoms in total. The lowest BCUT2D eigenvalue weighted by atomic mass is 10.0. The van der Waals surface area contributed by atoms with E-state index < -0.39 is 6.04 Å². The van der Waals surface area contributed by atoms with Gasteiger partial charge in [0, 0.05) is 31.7 Å². The Morgan fingerprint density at radius 3 is 2.33 bits per heavy atom. The molecule has 2 N–H and O–H groups in total. The van der Waals surface area contributed by atoms with Gasteiger partial charge in [-0.15, -0.1) is 0 Å². The number of carbonyl (C=O) groups is 2. The third kappa shape index (κ3) is 6.19. The predicted octanol–water partition coefficient (Wildman–Crippen LogP) is 4.49. The van der Waals surface area contributed by atoms with E-state index in [9.17, 15) is 14.7 Å². The van der Waals surface area contributed by atoms with Crippen molar-refractivity contribution in [1.82, 2.24) is 4.90 Å². The standard InChI is InChI=1S/C29H39N3O4/c1-19(2)18-32-26(16-20-6-9-23(10-7-20)36-29(3,4)5)27(34)30-25-11-8-21(17-24(25)28(32)35)31-14-12-22(33)13-15-31/h6-11,17,19,22,26,33H,12-16,18H2,1-5H3,(H,30,34)/t26-/m0/s1. The molecule has 2 aliphatic rings. The van der Waals surface area contributed by atoms with Crippen LogP contribution in [0.25, 0.3) is 0 Å². The molecule has 0 spiro atoms. The molecule has 0 bridgehead atoms. The van der Waals surface area contributed by atoms with Crippen molar-refractivity contribution < 1.29 is 19.4 Å². The molecule has 194 valence electrons. The van der Waals surface area contributed by atoms with Gasteiger partial charge in [0.2, 0.25) is 5.91 Å². The van der Waals surface area contributed by atoms with Crippen molar-refractivity contribution >= 4 is 23.2 Å². The average molecular weight is 494 g/mol. The monoisotopic (exact) mass is 493 g/mol. The number of anilines is 2. The molecule has 2 aliphatic heterocycles. The van der Waals surface area contributed by atoms with E-state index in [1.807, 2.05) is 63.2 Å². The van der Waals surface area contributed by atoms with Crippen LogP contribution < -0.4 is 15.0 Å². The van der Waals surface area contributed by atoms with E-state index in [0.717, 1.165) is 30.1 Å². The van der Waals surface area contributed by atoms with Crippen LogP contribution in [-0.4, -0.2) is 59.2 Å². The minimum Gasteiger partial charge on any atom is -0.488 e. The number of nitrogens with one attached hydrogen (secondary N) is 1. The molecule has 2 aromatic rings.